The molecule has 0 atom stereocenters. The van der Waals surface area contributed by atoms with Crippen molar-refractivity contribution in [3.63, 3.8) is 0 Å². The minimum atomic E-state index is 0.683. The van der Waals surface area contributed by atoms with Gasteiger partial charge in [0.05, 0.1) is 0 Å². The van der Waals surface area contributed by atoms with Crippen LogP contribution in [0.25, 0.3) is 54.3 Å². The van der Waals surface area contributed by atoms with E-state index in [4.69, 9.17) is 15.0 Å². The van der Waals surface area contributed by atoms with Gasteiger partial charge in [-0.2, -0.15) is 0 Å². The fourth-order valence-corrected chi connectivity index (χ4v) is 6.05. The van der Waals surface area contributed by atoms with E-state index in [-0.39, 0.29) is 0 Å². The average Bonchev–Trinajstić information content (AvgIpc) is 3.25. The van der Waals surface area contributed by atoms with Crippen molar-refractivity contribution in [3.8, 4) is 34.2 Å². The molecule has 0 saturated heterocycles. The van der Waals surface area contributed by atoms with Crippen molar-refractivity contribution < 1.29 is 0 Å². The Morgan fingerprint density at radius 1 is 0.562 bits per heavy atom. The summed E-state index contributed by atoms with van der Waals surface area (Å²) in [6.45, 7) is 0. The first-order valence-electron chi connectivity index (χ1n) is 10.2. The molecule has 6 rings (SSSR count). The zero-order valence-electron chi connectivity index (χ0n) is 16.9. The maximum Gasteiger partial charge on any atom is 0.165 e. The van der Waals surface area contributed by atoms with Gasteiger partial charge in [0.15, 0.2) is 17.5 Å². The summed E-state index contributed by atoms with van der Waals surface area (Å²) >= 11 is 4.22. The van der Waals surface area contributed by atoms with E-state index in [2.05, 4.69) is 59.0 Å². The number of hydrogen-bond donors (Lipinski definition) is 0. The summed E-state index contributed by atoms with van der Waals surface area (Å²) in [4.78, 5) is 14.7. The van der Waals surface area contributed by atoms with Crippen LogP contribution in [0.5, 0.6) is 0 Å². The Labute approximate surface area is 203 Å². The zero-order valence-corrected chi connectivity index (χ0v) is 19.8. The van der Waals surface area contributed by atoms with Crippen LogP contribution in [0.2, 0.25) is 0 Å². The molecule has 32 heavy (non-hydrogen) atoms. The lowest BCUT2D eigenvalue weighted by molar-refractivity contribution is 1.08. The van der Waals surface area contributed by atoms with Crippen LogP contribution < -0.4 is 0 Å². The lowest BCUT2D eigenvalue weighted by Gasteiger charge is -2.09. The van der Waals surface area contributed by atoms with Gasteiger partial charge in [0.1, 0.15) is 0 Å². The van der Waals surface area contributed by atoms with Gasteiger partial charge in [-0.3, -0.25) is 0 Å². The number of nitrogens with zero attached hydrogens (tertiary/aromatic N) is 3. The Kier molecular flexibility index (Phi) is 4.92. The Morgan fingerprint density at radius 3 is 1.78 bits per heavy atom. The normalized spacial score (nSPS) is 11.3. The molecule has 6 aromatic rings. The van der Waals surface area contributed by atoms with Crippen LogP contribution in [-0.2, 0) is 0 Å². The molecule has 0 N–H and O–H groups in total. The van der Waals surface area contributed by atoms with Crippen molar-refractivity contribution in [2.24, 2.45) is 0 Å². The van der Waals surface area contributed by atoms with Crippen LogP contribution in [0.4, 0.5) is 0 Å². The van der Waals surface area contributed by atoms with Crippen molar-refractivity contribution >= 4 is 54.1 Å². The van der Waals surface area contributed by atoms with E-state index in [9.17, 15) is 0 Å². The number of thiophene rings is 1. The van der Waals surface area contributed by atoms with Crippen LogP contribution in [0.3, 0.4) is 0 Å². The predicted octanol–water partition coefficient (Wildman–Crippen LogP) is 7.85. The van der Waals surface area contributed by atoms with Crippen LogP contribution in [0, 0.1) is 3.57 Å². The molecule has 0 amide bonds. The minimum Gasteiger partial charge on any atom is -0.208 e. The third-order valence-electron chi connectivity index (χ3n) is 5.42. The molecule has 0 aliphatic heterocycles. The van der Waals surface area contributed by atoms with E-state index >= 15 is 0 Å². The highest BCUT2D eigenvalue weighted by atomic mass is 127. The third kappa shape index (κ3) is 3.38. The molecule has 0 radical (unpaired) electrons. The van der Waals surface area contributed by atoms with Crippen LogP contribution in [0.15, 0.2) is 97.1 Å². The molecule has 0 saturated carbocycles. The lowest BCUT2D eigenvalue weighted by Crippen LogP contribution is -2.00. The van der Waals surface area contributed by atoms with Crippen LogP contribution >= 0.6 is 33.9 Å². The van der Waals surface area contributed by atoms with E-state index in [1.165, 1.54) is 23.7 Å². The van der Waals surface area contributed by atoms with E-state index < -0.39 is 0 Å². The van der Waals surface area contributed by atoms with Crippen molar-refractivity contribution in [1.29, 1.82) is 0 Å². The molecule has 4 aromatic carbocycles. The Morgan fingerprint density at radius 2 is 1.12 bits per heavy atom. The van der Waals surface area contributed by atoms with Crippen molar-refractivity contribution in [2.75, 3.05) is 0 Å². The Balaban J connectivity index is 1.65. The summed E-state index contributed by atoms with van der Waals surface area (Å²) in [5.74, 6) is 2.06. The third-order valence-corrected chi connectivity index (χ3v) is 7.52. The number of halogens is 1. The number of hydrogen-bond acceptors (Lipinski definition) is 4. The van der Waals surface area contributed by atoms with Gasteiger partial charge in [0, 0.05) is 40.4 Å². The molecule has 0 bridgehead atoms. The zero-order chi connectivity index (χ0) is 21.5. The van der Waals surface area contributed by atoms with Crippen LogP contribution in [0.1, 0.15) is 0 Å². The molecule has 0 aliphatic rings. The Hall–Kier alpha value is -3.16. The van der Waals surface area contributed by atoms with Gasteiger partial charge in [0.25, 0.3) is 0 Å². The maximum absolute atomic E-state index is 4.93. The van der Waals surface area contributed by atoms with E-state index in [0.717, 1.165) is 16.7 Å². The molecule has 0 spiro atoms. The lowest BCUT2D eigenvalue weighted by atomic mass is 10.1. The molecule has 2 heterocycles. The highest BCUT2D eigenvalue weighted by Crippen LogP contribution is 2.41. The molecular weight excluding hydrogens is 525 g/mol. The molecule has 0 fully saturated rings. The molecular formula is C27H16IN3S. The summed E-state index contributed by atoms with van der Waals surface area (Å²) in [6, 6.07) is 33.1. The first-order chi connectivity index (χ1) is 15.8. The fourth-order valence-electron chi connectivity index (χ4n) is 3.89. The van der Waals surface area contributed by atoms with Gasteiger partial charge in [-0.05, 0) is 40.8 Å². The predicted molar refractivity (Wildman–Crippen MR) is 142 cm³/mol. The van der Waals surface area contributed by atoms with Crippen molar-refractivity contribution in [1.82, 2.24) is 15.0 Å². The highest BCUT2D eigenvalue weighted by molar-refractivity contribution is 14.1. The van der Waals surface area contributed by atoms with Crippen molar-refractivity contribution in [3.05, 3.63) is 101 Å². The second-order valence-electron chi connectivity index (χ2n) is 7.44. The average molecular weight is 541 g/mol. The topological polar surface area (TPSA) is 38.7 Å². The SMILES string of the molecule is Ic1ccc(-c2nc(-c3ccccc3)nc(-c3ccccc3)n2)c2sc3ccccc3c12. The standard InChI is InChI=1S/C27H16IN3S/c28-21-16-15-20(24-23(21)19-13-7-8-14-22(19)32-24)27-30-25(17-9-3-1-4-10-17)29-26(31-27)18-11-5-2-6-12-18/h1-16H. The van der Waals surface area contributed by atoms with Gasteiger partial charge in [-0.25, -0.2) is 15.0 Å². The highest BCUT2D eigenvalue weighted by Gasteiger charge is 2.17. The number of rotatable bonds is 3. The Bertz CT molecular complexity index is 1520. The van der Waals surface area contributed by atoms with E-state index in [1.54, 1.807) is 11.3 Å². The quantitative estimate of drug-likeness (QED) is 0.214. The molecule has 2 aromatic heterocycles. The number of fused-ring (bicyclic) bond motifs is 3. The molecule has 152 valence electrons. The monoisotopic (exact) mass is 541 g/mol. The van der Waals surface area contributed by atoms with E-state index in [0.29, 0.717) is 17.5 Å². The first kappa shape index (κ1) is 19.5. The smallest absolute Gasteiger partial charge is 0.165 e. The van der Waals surface area contributed by atoms with Gasteiger partial charge in [0.2, 0.25) is 0 Å². The van der Waals surface area contributed by atoms with E-state index in [1.807, 2.05) is 60.7 Å². The van der Waals surface area contributed by atoms with Gasteiger partial charge >= 0.3 is 0 Å². The largest absolute Gasteiger partial charge is 0.208 e. The summed E-state index contributed by atoms with van der Waals surface area (Å²) in [5, 5.41) is 2.55. The first-order valence-corrected chi connectivity index (χ1v) is 12.1. The van der Waals surface area contributed by atoms with Crippen molar-refractivity contribution in [2.45, 2.75) is 0 Å². The molecule has 5 heteroatoms. The second-order valence-corrected chi connectivity index (χ2v) is 9.65. The van der Waals surface area contributed by atoms with Crippen LogP contribution in [-0.4, -0.2) is 15.0 Å². The minimum absolute atomic E-state index is 0.683. The molecule has 0 aliphatic carbocycles. The number of benzene rings is 4. The number of aromatic nitrogens is 3. The van der Waals surface area contributed by atoms with Gasteiger partial charge in [-0.1, -0.05) is 78.9 Å². The second kappa shape index (κ2) is 8.07. The summed E-state index contributed by atoms with van der Waals surface area (Å²) in [5.41, 5.74) is 3.00. The summed E-state index contributed by atoms with van der Waals surface area (Å²) in [7, 11) is 0. The summed E-state index contributed by atoms with van der Waals surface area (Å²) < 4.78 is 3.72. The summed E-state index contributed by atoms with van der Waals surface area (Å²) in [6.07, 6.45) is 0. The van der Waals surface area contributed by atoms with Gasteiger partial charge in [-0.15, -0.1) is 11.3 Å². The fraction of sp³-hybridized carbons (Fsp3) is 0. The maximum atomic E-state index is 4.93. The van der Waals surface area contributed by atoms with Gasteiger partial charge < -0.3 is 0 Å². The molecule has 3 nitrogen and oxygen atoms in total. The molecule has 0 unspecified atom stereocenters.